The van der Waals surface area contributed by atoms with Crippen molar-refractivity contribution in [1.82, 2.24) is 0 Å². The summed E-state index contributed by atoms with van der Waals surface area (Å²) in [6.07, 6.45) is 3.00. The summed E-state index contributed by atoms with van der Waals surface area (Å²) in [6, 6.07) is 7.76. The number of nitriles is 1. The largest absolute Gasteiger partial charge is 0.496 e. The molecular weight excluding hydrogens is 320 g/mol. The lowest BCUT2D eigenvalue weighted by molar-refractivity contribution is 0.102. The highest BCUT2D eigenvalue weighted by Crippen LogP contribution is 2.39. The third kappa shape index (κ3) is 2.90. The van der Waals surface area contributed by atoms with E-state index >= 15 is 0 Å². The van der Waals surface area contributed by atoms with Crippen LogP contribution in [0.3, 0.4) is 0 Å². The van der Waals surface area contributed by atoms with E-state index in [1.807, 2.05) is 19.1 Å². The fourth-order valence-electron chi connectivity index (χ4n) is 3.23. The molecule has 1 aromatic carbocycles. The first-order valence-corrected chi connectivity index (χ1v) is 8.86. The van der Waals surface area contributed by atoms with Crippen molar-refractivity contribution in [2.75, 3.05) is 12.4 Å². The number of fused-ring (bicyclic) bond motifs is 1. The summed E-state index contributed by atoms with van der Waals surface area (Å²) < 4.78 is 5.36. The van der Waals surface area contributed by atoms with Gasteiger partial charge in [-0.2, -0.15) is 5.26 Å². The summed E-state index contributed by atoms with van der Waals surface area (Å²) in [5.41, 5.74) is 3.14. The molecule has 24 heavy (non-hydrogen) atoms. The average molecular weight is 340 g/mol. The number of carbonyl (C=O) groups excluding carboxylic acids is 1. The summed E-state index contributed by atoms with van der Waals surface area (Å²) >= 11 is 1.54. The van der Waals surface area contributed by atoms with E-state index in [1.54, 1.807) is 13.2 Å². The molecule has 4 nitrogen and oxygen atoms in total. The van der Waals surface area contributed by atoms with Gasteiger partial charge in [-0.1, -0.05) is 19.1 Å². The number of benzene rings is 1. The smallest absolute Gasteiger partial charge is 0.260 e. The van der Waals surface area contributed by atoms with Gasteiger partial charge < -0.3 is 10.1 Å². The topological polar surface area (TPSA) is 62.1 Å². The Hall–Kier alpha value is -2.32. The molecule has 1 aliphatic carbocycles. The van der Waals surface area contributed by atoms with Crippen molar-refractivity contribution in [3.05, 3.63) is 45.3 Å². The van der Waals surface area contributed by atoms with Gasteiger partial charge in [0.15, 0.2) is 0 Å². The maximum absolute atomic E-state index is 12.7. The molecule has 1 atom stereocenters. The first kappa shape index (κ1) is 16.5. The Morgan fingerprint density at radius 2 is 2.25 bits per heavy atom. The van der Waals surface area contributed by atoms with Gasteiger partial charge in [0.05, 0.1) is 18.2 Å². The van der Waals surface area contributed by atoms with Gasteiger partial charge in [-0.25, -0.2) is 0 Å². The van der Waals surface area contributed by atoms with Gasteiger partial charge >= 0.3 is 0 Å². The van der Waals surface area contributed by atoms with Crippen molar-refractivity contribution >= 4 is 22.2 Å². The molecule has 0 radical (unpaired) electrons. The molecule has 124 valence electrons. The molecule has 0 fully saturated rings. The molecule has 1 aromatic heterocycles. The van der Waals surface area contributed by atoms with Crippen LogP contribution in [0.5, 0.6) is 5.75 Å². The second-order valence-electron chi connectivity index (χ2n) is 6.28. The zero-order valence-corrected chi connectivity index (χ0v) is 14.9. The number of thiophene rings is 1. The zero-order chi connectivity index (χ0) is 17.3. The molecule has 2 aromatic rings. The number of hydrogen-bond donors (Lipinski definition) is 1. The number of methoxy groups -OCH3 is 1. The highest BCUT2D eigenvalue weighted by molar-refractivity contribution is 7.16. The molecule has 0 spiro atoms. The number of para-hydroxylation sites is 1. The Kier molecular flexibility index (Phi) is 4.59. The Morgan fingerprint density at radius 1 is 1.46 bits per heavy atom. The van der Waals surface area contributed by atoms with Gasteiger partial charge in [0.2, 0.25) is 0 Å². The van der Waals surface area contributed by atoms with Crippen molar-refractivity contribution in [3.8, 4) is 11.8 Å². The normalized spacial score (nSPS) is 16.2. The van der Waals surface area contributed by atoms with Crippen LogP contribution in [-0.4, -0.2) is 13.0 Å². The Labute approximate surface area is 146 Å². The van der Waals surface area contributed by atoms with Gasteiger partial charge in [-0.15, -0.1) is 11.3 Å². The van der Waals surface area contributed by atoms with Crippen LogP contribution >= 0.6 is 11.3 Å². The van der Waals surface area contributed by atoms with Crippen molar-refractivity contribution in [3.63, 3.8) is 0 Å². The third-order valence-electron chi connectivity index (χ3n) is 4.51. The van der Waals surface area contributed by atoms with Crippen LogP contribution < -0.4 is 10.1 Å². The second kappa shape index (κ2) is 6.66. The molecule has 1 heterocycles. The molecule has 3 rings (SSSR count). The molecular formula is C19H20N2O2S. The molecule has 0 bridgehead atoms. The first-order valence-electron chi connectivity index (χ1n) is 8.04. The summed E-state index contributed by atoms with van der Waals surface area (Å²) in [5.74, 6) is 0.963. The molecule has 0 saturated carbocycles. The molecule has 0 aliphatic heterocycles. The van der Waals surface area contributed by atoms with Crippen molar-refractivity contribution in [1.29, 1.82) is 5.26 Å². The molecule has 1 N–H and O–H groups in total. The van der Waals surface area contributed by atoms with Gasteiger partial charge in [-0.3, -0.25) is 4.79 Å². The Balaban J connectivity index is 1.94. The second-order valence-corrected chi connectivity index (χ2v) is 7.38. The lowest BCUT2D eigenvalue weighted by Crippen LogP contribution is -2.13. The van der Waals surface area contributed by atoms with E-state index in [9.17, 15) is 10.1 Å². The lowest BCUT2D eigenvalue weighted by atomic mass is 9.88. The quantitative estimate of drug-likeness (QED) is 0.905. The van der Waals surface area contributed by atoms with Gasteiger partial charge in [0, 0.05) is 4.88 Å². The van der Waals surface area contributed by atoms with Crippen molar-refractivity contribution in [2.24, 2.45) is 5.92 Å². The van der Waals surface area contributed by atoms with E-state index in [4.69, 9.17) is 4.74 Å². The number of nitrogens with one attached hydrogen (secondary N) is 1. The van der Waals surface area contributed by atoms with Gasteiger partial charge in [-0.05, 0) is 49.3 Å². The monoisotopic (exact) mass is 340 g/mol. The van der Waals surface area contributed by atoms with E-state index in [0.29, 0.717) is 27.8 Å². The minimum absolute atomic E-state index is 0.237. The molecule has 1 amide bonds. The standard InChI is InChI=1S/C19H20N2O2S/c1-11-7-8-13-15(10-20)19(24-16(13)9-11)21-18(22)14-6-4-5-12(2)17(14)23-3/h4-6,11H,7-9H2,1-3H3,(H,21,22)/t11-/m0/s1. The van der Waals surface area contributed by atoms with Crippen LogP contribution in [0.25, 0.3) is 0 Å². The summed E-state index contributed by atoms with van der Waals surface area (Å²) in [7, 11) is 1.56. The predicted octanol–water partition coefficient (Wildman–Crippen LogP) is 4.31. The van der Waals surface area contributed by atoms with Gasteiger partial charge in [0.25, 0.3) is 5.91 Å². The molecule has 0 saturated heterocycles. The predicted molar refractivity (Wildman–Crippen MR) is 95.9 cm³/mol. The number of nitrogens with zero attached hydrogens (tertiary/aromatic N) is 1. The van der Waals surface area contributed by atoms with Crippen LogP contribution in [0.15, 0.2) is 18.2 Å². The summed E-state index contributed by atoms with van der Waals surface area (Å²) in [6.45, 7) is 4.13. The average Bonchev–Trinajstić information content (AvgIpc) is 2.90. The number of aryl methyl sites for hydroxylation is 1. The highest BCUT2D eigenvalue weighted by atomic mass is 32.1. The number of rotatable bonds is 3. The Morgan fingerprint density at radius 3 is 2.96 bits per heavy atom. The number of amides is 1. The van der Waals surface area contributed by atoms with Crippen LogP contribution in [-0.2, 0) is 12.8 Å². The van der Waals surface area contributed by atoms with E-state index in [0.717, 1.165) is 30.4 Å². The SMILES string of the molecule is COc1c(C)cccc1C(=O)Nc1sc2c(c1C#N)CC[C@H](C)C2. The highest BCUT2D eigenvalue weighted by Gasteiger charge is 2.25. The molecule has 0 unspecified atom stereocenters. The number of anilines is 1. The maximum Gasteiger partial charge on any atom is 0.260 e. The van der Waals surface area contributed by atoms with Crippen LogP contribution in [0, 0.1) is 24.2 Å². The number of carbonyl (C=O) groups is 1. The summed E-state index contributed by atoms with van der Waals surface area (Å²) in [4.78, 5) is 13.9. The minimum atomic E-state index is -0.237. The summed E-state index contributed by atoms with van der Waals surface area (Å²) in [5, 5.41) is 13.1. The number of hydrogen-bond acceptors (Lipinski definition) is 4. The maximum atomic E-state index is 12.7. The Bertz CT molecular complexity index is 833. The fraction of sp³-hybridized carbons (Fsp3) is 0.368. The van der Waals surface area contributed by atoms with Gasteiger partial charge in [0.1, 0.15) is 16.8 Å². The van der Waals surface area contributed by atoms with E-state index in [2.05, 4.69) is 18.3 Å². The minimum Gasteiger partial charge on any atom is -0.496 e. The first-order chi connectivity index (χ1) is 11.5. The lowest BCUT2D eigenvalue weighted by Gasteiger charge is -2.17. The van der Waals surface area contributed by atoms with Crippen molar-refractivity contribution in [2.45, 2.75) is 33.1 Å². The van der Waals surface area contributed by atoms with Crippen LogP contribution in [0.4, 0.5) is 5.00 Å². The van der Waals surface area contributed by atoms with E-state index in [-0.39, 0.29) is 5.91 Å². The molecule has 1 aliphatic rings. The van der Waals surface area contributed by atoms with Crippen molar-refractivity contribution < 1.29 is 9.53 Å². The molecule has 5 heteroatoms. The van der Waals surface area contributed by atoms with Crippen LogP contribution in [0.1, 0.15) is 45.3 Å². The zero-order valence-electron chi connectivity index (χ0n) is 14.1. The van der Waals surface area contributed by atoms with E-state index in [1.165, 1.54) is 16.2 Å². The van der Waals surface area contributed by atoms with Crippen LogP contribution in [0.2, 0.25) is 0 Å². The number of ether oxygens (including phenoxy) is 1. The fourth-order valence-corrected chi connectivity index (χ4v) is 4.59. The van der Waals surface area contributed by atoms with E-state index < -0.39 is 0 Å². The third-order valence-corrected chi connectivity index (χ3v) is 5.68.